The number of allylic oxidation sites excluding steroid dienone is 2. The van der Waals surface area contributed by atoms with E-state index in [1.807, 2.05) is 0 Å². The molecule has 0 N–H and O–H groups in total. The Labute approximate surface area is 87.4 Å². The van der Waals surface area contributed by atoms with E-state index in [0.717, 1.165) is 5.92 Å². The Morgan fingerprint density at radius 2 is 1.92 bits per heavy atom. The Balaban J connectivity index is 2.31. The summed E-state index contributed by atoms with van der Waals surface area (Å²) in [6.45, 7) is 9.48. The molecule has 2 aliphatic rings. The van der Waals surface area contributed by atoms with Gasteiger partial charge in [0.05, 0.1) is 12.6 Å². The lowest BCUT2D eigenvalue weighted by Crippen LogP contribution is -2.38. The van der Waals surface area contributed by atoms with Gasteiger partial charge in [0, 0.05) is 5.92 Å². The minimum atomic E-state index is -1.21. The molecule has 0 bridgehead atoms. The molecule has 0 saturated heterocycles. The molecule has 0 aromatic heterocycles. The van der Waals surface area contributed by atoms with Crippen LogP contribution in [0.5, 0.6) is 0 Å². The van der Waals surface area contributed by atoms with Crippen LogP contribution in [-0.2, 0) is 0 Å². The van der Waals surface area contributed by atoms with Crippen LogP contribution < -0.4 is 0 Å². The van der Waals surface area contributed by atoms with Gasteiger partial charge in [-0.15, -0.1) is 11.6 Å². The Morgan fingerprint density at radius 1 is 1.38 bits per heavy atom. The van der Waals surface area contributed by atoms with E-state index in [1.165, 1.54) is 19.3 Å². The quantitative estimate of drug-likeness (QED) is 0.371. The summed E-state index contributed by atoms with van der Waals surface area (Å²) in [5.74, 6) is 0.735. The van der Waals surface area contributed by atoms with Crippen LogP contribution in [0.3, 0.4) is 0 Å². The molecule has 2 atom stereocenters. The lowest BCUT2D eigenvalue weighted by molar-refractivity contribution is 0.796. The van der Waals surface area contributed by atoms with E-state index < -0.39 is 8.07 Å². The summed E-state index contributed by atoms with van der Waals surface area (Å²) < 4.78 is 0.146. The van der Waals surface area contributed by atoms with Crippen molar-refractivity contribution < 1.29 is 0 Å². The van der Waals surface area contributed by atoms with Crippen molar-refractivity contribution in [3.8, 4) is 0 Å². The van der Waals surface area contributed by atoms with Crippen LogP contribution in [0.1, 0.15) is 26.2 Å². The third kappa shape index (κ3) is 1.24. The van der Waals surface area contributed by atoms with Gasteiger partial charge in [0.1, 0.15) is 0 Å². The minimum absolute atomic E-state index is 0.146. The first-order valence-corrected chi connectivity index (χ1v) is 9.22. The molecule has 74 valence electrons. The first-order valence-electron chi connectivity index (χ1n) is 5.34. The van der Waals surface area contributed by atoms with E-state index in [0.29, 0.717) is 0 Å². The van der Waals surface area contributed by atoms with Crippen molar-refractivity contribution in [2.45, 2.75) is 50.3 Å². The van der Waals surface area contributed by atoms with E-state index in [4.69, 9.17) is 11.6 Å². The van der Waals surface area contributed by atoms with Crippen molar-refractivity contribution in [1.82, 2.24) is 0 Å². The Morgan fingerprint density at radius 3 is 2.15 bits per heavy atom. The number of halogens is 1. The molecule has 0 amide bonds. The molecule has 0 heterocycles. The number of rotatable bonds is 2. The maximum atomic E-state index is 6.79. The highest BCUT2D eigenvalue weighted by Gasteiger charge is 2.66. The zero-order valence-corrected chi connectivity index (χ0v) is 10.8. The molecular weight excluding hydrogens is 196 g/mol. The van der Waals surface area contributed by atoms with Crippen molar-refractivity contribution in [1.29, 1.82) is 0 Å². The van der Waals surface area contributed by atoms with Crippen molar-refractivity contribution in [3.63, 3.8) is 0 Å². The Bertz CT molecular complexity index is 268. The lowest BCUT2D eigenvalue weighted by atomic mass is 10.3. The number of hydrogen-bond acceptors (Lipinski definition) is 0. The van der Waals surface area contributed by atoms with E-state index in [1.54, 1.807) is 11.1 Å². The predicted octanol–water partition coefficient (Wildman–Crippen LogP) is 3.97. The van der Waals surface area contributed by atoms with Gasteiger partial charge in [-0.05, 0) is 24.8 Å². The summed E-state index contributed by atoms with van der Waals surface area (Å²) in [6.07, 6.45) is 3.92. The fourth-order valence-corrected chi connectivity index (χ4v) is 5.56. The summed E-state index contributed by atoms with van der Waals surface area (Å²) >= 11 is 6.79. The van der Waals surface area contributed by atoms with Gasteiger partial charge in [0.25, 0.3) is 0 Å². The van der Waals surface area contributed by atoms with Crippen LogP contribution in [0.2, 0.25) is 19.6 Å². The molecule has 2 aliphatic carbocycles. The second kappa shape index (κ2) is 2.63. The van der Waals surface area contributed by atoms with Gasteiger partial charge in [0.2, 0.25) is 0 Å². The third-order valence-corrected chi connectivity index (χ3v) is 8.49. The van der Waals surface area contributed by atoms with Crippen LogP contribution in [-0.4, -0.2) is 12.6 Å². The SMILES string of the molecule is CCC1C(=C2CC2)C1(Cl)[Si](C)(C)C. The van der Waals surface area contributed by atoms with Crippen LogP contribution in [0.25, 0.3) is 0 Å². The summed E-state index contributed by atoms with van der Waals surface area (Å²) in [5.41, 5.74) is 3.36. The maximum absolute atomic E-state index is 6.79. The highest BCUT2D eigenvalue weighted by atomic mass is 35.5. The highest BCUT2D eigenvalue weighted by molar-refractivity contribution is 6.89. The Hall–Kier alpha value is 0.247. The zero-order valence-electron chi connectivity index (χ0n) is 9.08. The van der Waals surface area contributed by atoms with E-state index in [9.17, 15) is 0 Å². The largest absolute Gasteiger partial charge is 0.118 e. The molecule has 0 spiro atoms. The van der Waals surface area contributed by atoms with E-state index >= 15 is 0 Å². The molecule has 2 saturated carbocycles. The number of hydrogen-bond donors (Lipinski definition) is 0. The average Bonchev–Trinajstić information content (AvgIpc) is 2.79. The molecule has 0 radical (unpaired) electrons. The van der Waals surface area contributed by atoms with Crippen LogP contribution in [0.15, 0.2) is 11.1 Å². The second-order valence-corrected chi connectivity index (χ2v) is 11.6. The van der Waals surface area contributed by atoms with Gasteiger partial charge in [-0.1, -0.05) is 32.1 Å². The number of alkyl halides is 1. The van der Waals surface area contributed by atoms with Crippen molar-refractivity contribution in [3.05, 3.63) is 11.1 Å². The second-order valence-electron chi connectivity index (χ2n) is 5.44. The van der Waals surface area contributed by atoms with Crippen LogP contribution in [0.4, 0.5) is 0 Å². The van der Waals surface area contributed by atoms with E-state index in [-0.39, 0.29) is 4.50 Å². The monoisotopic (exact) mass is 214 g/mol. The highest BCUT2D eigenvalue weighted by Crippen LogP contribution is 2.66. The molecule has 0 aliphatic heterocycles. The normalized spacial score (nSPS) is 38.1. The molecule has 0 aromatic carbocycles. The van der Waals surface area contributed by atoms with Gasteiger partial charge in [-0.2, -0.15) is 0 Å². The third-order valence-electron chi connectivity index (χ3n) is 3.52. The smallest absolute Gasteiger partial charge is 0.0747 e. The van der Waals surface area contributed by atoms with Gasteiger partial charge in [0.15, 0.2) is 0 Å². The summed E-state index contributed by atoms with van der Waals surface area (Å²) in [4.78, 5) is 0. The molecule has 0 nitrogen and oxygen atoms in total. The van der Waals surface area contributed by atoms with Gasteiger partial charge < -0.3 is 0 Å². The predicted molar refractivity (Wildman–Crippen MR) is 62.0 cm³/mol. The van der Waals surface area contributed by atoms with Gasteiger partial charge in [-0.25, -0.2) is 0 Å². The van der Waals surface area contributed by atoms with Crippen molar-refractivity contribution in [2.24, 2.45) is 5.92 Å². The summed E-state index contributed by atoms with van der Waals surface area (Å²) in [5, 5.41) is 0. The molecule has 2 fully saturated rings. The standard InChI is InChI=1S/C11H19ClSi/c1-5-9-10(8-6-7-8)11(9,12)13(2,3)4/h9H,5-7H2,1-4H3. The van der Waals surface area contributed by atoms with Gasteiger partial charge >= 0.3 is 0 Å². The fourth-order valence-electron chi connectivity index (χ4n) is 2.61. The maximum Gasteiger partial charge on any atom is 0.0747 e. The fraction of sp³-hybridized carbons (Fsp3) is 0.818. The topological polar surface area (TPSA) is 0 Å². The molecule has 2 rings (SSSR count). The zero-order chi connectivity index (χ0) is 9.85. The lowest BCUT2D eigenvalue weighted by Gasteiger charge is -2.23. The average molecular weight is 215 g/mol. The van der Waals surface area contributed by atoms with Crippen LogP contribution in [0, 0.1) is 5.92 Å². The van der Waals surface area contributed by atoms with Crippen molar-refractivity contribution >= 4 is 19.7 Å². The first-order chi connectivity index (χ1) is 5.93. The van der Waals surface area contributed by atoms with E-state index in [2.05, 4.69) is 26.6 Å². The Kier molecular flexibility index (Phi) is 1.98. The first kappa shape index (κ1) is 9.79. The minimum Gasteiger partial charge on any atom is -0.118 e. The molecule has 2 heteroatoms. The molecular formula is C11H19ClSi. The molecule has 2 unspecified atom stereocenters. The van der Waals surface area contributed by atoms with Gasteiger partial charge in [-0.3, -0.25) is 0 Å². The summed E-state index contributed by atoms with van der Waals surface area (Å²) in [6, 6.07) is 0. The molecule has 13 heavy (non-hydrogen) atoms. The molecule has 0 aromatic rings. The van der Waals surface area contributed by atoms with Crippen molar-refractivity contribution in [2.75, 3.05) is 0 Å². The summed E-state index contributed by atoms with van der Waals surface area (Å²) in [7, 11) is -1.21. The van der Waals surface area contributed by atoms with Crippen LogP contribution >= 0.6 is 11.6 Å².